The number of halogens is 2. The molecule has 0 fully saturated rings. The third kappa shape index (κ3) is 4.51. The highest BCUT2D eigenvalue weighted by molar-refractivity contribution is 14.0. The number of aliphatic imine (C=N–C) groups is 1. The highest BCUT2D eigenvalue weighted by Crippen LogP contribution is 2.14. The Hall–Kier alpha value is -2.16. The van der Waals surface area contributed by atoms with Gasteiger partial charge in [0.25, 0.3) is 0 Å². The summed E-state index contributed by atoms with van der Waals surface area (Å²) in [7, 11) is 5.67. The van der Waals surface area contributed by atoms with Crippen molar-refractivity contribution < 1.29 is 4.39 Å². The molecule has 0 spiro atoms. The summed E-state index contributed by atoms with van der Waals surface area (Å²) in [5, 5.41) is 3.32. The highest BCUT2D eigenvalue weighted by Gasteiger charge is 2.10. The van der Waals surface area contributed by atoms with E-state index in [0.29, 0.717) is 13.1 Å². The average molecular weight is 467 g/mol. The first kappa shape index (κ1) is 20.2. The molecule has 0 unspecified atom stereocenters. The molecule has 1 heterocycles. The maximum Gasteiger partial charge on any atom is 0.194 e. The number of nitrogens with zero attached hydrogens (tertiary/aromatic N) is 4. The van der Waals surface area contributed by atoms with Gasteiger partial charge in [0.05, 0.1) is 17.6 Å². The normalized spacial score (nSPS) is 11.3. The minimum Gasteiger partial charge on any atom is -0.349 e. The number of hydrogen-bond donors (Lipinski definition) is 1. The second kappa shape index (κ2) is 8.98. The van der Waals surface area contributed by atoms with Crippen molar-refractivity contribution in [1.82, 2.24) is 19.8 Å². The molecule has 138 valence electrons. The van der Waals surface area contributed by atoms with E-state index in [0.717, 1.165) is 28.4 Å². The Morgan fingerprint density at radius 2 is 2.00 bits per heavy atom. The summed E-state index contributed by atoms with van der Waals surface area (Å²) in [6.07, 6.45) is 0. The maximum absolute atomic E-state index is 13.3. The molecule has 7 heteroatoms. The van der Waals surface area contributed by atoms with Gasteiger partial charge in [-0.1, -0.05) is 24.3 Å². The van der Waals surface area contributed by atoms with Gasteiger partial charge in [-0.25, -0.2) is 9.37 Å². The quantitative estimate of drug-likeness (QED) is 0.363. The van der Waals surface area contributed by atoms with Crippen LogP contribution in [-0.4, -0.2) is 34.5 Å². The van der Waals surface area contributed by atoms with Crippen molar-refractivity contribution in [1.29, 1.82) is 0 Å². The number of aromatic nitrogens is 2. The molecule has 0 saturated heterocycles. The van der Waals surface area contributed by atoms with Crippen molar-refractivity contribution in [3.05, 3.63) is 65.7 Å². The van der Waals surface area contributed by atoms with Gasteiger partial charge in [-0.2, -0.15) is 0 Å². The minimum absolute atomic E-state index is 0. The zero-order valence-corrected chi connectivity index (χ0v) is 17.4. The molecule has 0 atom stereocenters. The van der Waals surface area contributed by atoms with Crippen LogP contribution in [0.3, 0.4) is 0 Å². The molecule has 2 aromatic carbocycles. The third-order valence-electron chi connectivity index (χ3n) is 4.17. The van der Waals surface area contributed by atoms with E-state index < -0.39 is 0 Å². The summed E-state index contributed by atoms with van der Waals surface area (Å²) < 4.78 is 15.4. The molecule has 0 aliphatic carbocycles. The molecular formula is C19H23FIN5. The Labute approximate surface area is 170 Å². The molecule has 0 bridgehead atoms. The lowest BCUT2D eigenvalue weighted by molar-refractivity contribution is 0.472. The molecule has 0 aliphatic rings. The maximum atomic E-state index is 13.3. The van der Waals surface area contributed by atoms with Crippen LogP contribution >= 0.6 is 24.0 Å². The van der Waals surface area contributed by atoms with E-state index in [9.17, 15) is 4.39 Å². The fourth-order valence-corrected chi connectivity index (χ4v) is 2.88. The van der Waals surface area contributed by atoms with Crippen LogP contribution in [0.2, 0.25) is 0 Å². The number of rotatable bonds is 4. The summed E-state index contributed by atoms with van der Waals surface area (Å²) in [5.41, 5.74) is 2.97. The van der Waals surface area contributed by atoms with Crippen LogP contribution in [0.4, 0.5) is 4.39 Å². The van der Waals surface area contributed by atoms with Gasteiger partial charge in [-0.15, -0.1) is 24.0 Å². The summed E-state index contributed by atoms with van der Waals surface area (Å²) in [5.74, 6) is 1.44. The topological polar surface area (TPSA) is 45.5 Å². The van der Waals surface area contributed by atoms with Crippen molar-refractivity contribution in [2.45, 2.75) is 13.1 Å². The predicted molar refractivity (Wildman–Crippen MR) is 114 cm³/mol. The fraction of sp³-hybridized carbons (Fsp3) is 0.263. The molecule has 0 saturated carbocycles. The molecular weight excluding hydrogens is 444 g/mol. The Kier molecular flexibility index (Phi) is 6.96. The number of para-hydroxylation sites is 2. The number of nitrogens with one attached hydrogen (secondary N) is 1. The van der Waals surface area contributed by atoms with E-state index in [1.807, 2.05) is 43.3 Å². The summed E-state index contributed by atoms with van der Waals surface area (Å²) >= 11 is 0. The SMILES string of the molecule is CN=C(NCc1nc2ccccc2n1C)N(C)Cc1cccc(F)c1.I. The number of guanidine groups is 1. The molecule has 0 amide bonds. The van der Waals surface area contributed by atoms with Crippen LogP contribution < -0.4 is 5.32 Å². The molecule has 3 aromatic rings. The zero-order valence-electron chi connectivity index (χ0n) is 15.1. The van der Waals surface area contributed by atoms with Gasteiger partial charge >= 0.3 is 0 Å². The Morgan fingerprint density at radius 3 is 2.69 bits per heavy atom. The zero-order chi connectivity index (χ0) is 17.8. The number of hydrogen-bond acceptors (Lipinski definition) is 2. The average Bonchev–Trinajstić information content (AvgIpc) is 2.92. The standard InChI is InChI=1S/C19H22FN5.HI/c1-21-19(24(2)13-14-7-6-8-15(20)11-14)22-12-18-23-16-9-4-5-10-17(16)25(18)3;/h4-11H,12-13H2,1-3H3,(H,21,22);1H. The Bertz CT molecular complexity index is 906. The van der Waals surface area contributed by atoms with Gasteiger partial charge in [-0.3, -0.25) is 4.99 Å². The lowest BCUT2D eigenvalue weighted by atomic mass is 10.2. The molecule has 0 radical (unpaired) electrons. The monoisotopic (exact) mass is 467 g/mol. The fourth-order valence-electron chi connectivity index (χ4n) is 2.88. The third-order valence-corrected chi connectivity index (χ3v) is 4.17. The van der Waals surface area contributed by atoms with E-state index in [1.54, 1.807) is 13.1 Å². The molecule has 26 heavy (non-hydrogen) atoms. The van der Waals surface area contributed by atoms with E-state index in [2.05, 4.69) is 25.9 Å². The van der Waals surface area contributed by atoms with Crippen molar-refractivity contribution in [3.63, 3.8) is 0 Å². The first-order chi connectivity index (χ1) is 12.1. The van der Waals surface area contributed by atoms with Crippen LogP contribution in [0.25, 0.3) is 11.0 Å². The van der Waals surface area contributed by atoms with Crippen LogP contribution in [0, 0.1) is 5.82 Å². The molecule has 3 rings (SSSR count). The van der Waals surface area contributed by atoms with Gasteiger partial charge in [-0.05, 0) is 29.8 Å². The Balaban J connectivity index is 0.00000243. The second-order valence-corrected chi connectivity index (χ2v) is 5.96. The first-order valence-electron chi connectivity index (χ1n) is 8.15. The van der Waals surface area contributed by atoms with Crippen LogP contribution in [0.5, 0.6) is 0 Å². The predicted octanol–water partition coefficient (Wildman–Crippen LogP) is 3.54. The first-order valence-corrected chi connectivity index (χ1v) is 8.15. The van der Waals surface area contributed by atoms with Crippen molar-refractivity contribution in [2.24, 2.45) is 12.0 Å². The van der Waals surface area contributed by atoms with Crippen LogP contribution in [-0.2, 0) is 20.1 Å². The van der Waals surface area contributed by atoms with Crippen molar-refractivity contribution in [2.75, 3.05) is 14.1 Å². The number of fused-ring (bicyclic) bond motifs is 1. The van der Waals surface area contributed by atoms with Gasteiger partial charge < -0.3 is 14.8 Å². The van der Waals surface area contributed by atoms with Crippen LogP contribution in [0.15, 0.2) is 53.5 Å². The van der Waals surface area contributed by atoms with Gasteiger partial charge in [0.15, 0.2) is 5.96 Å². The second-order valence-electron chi connectivity index (χ2n) is 5.96. The van der Waals surface area contributed by atoms with E-state index in [4.69, 9.17) is 0 Å². The lowest BCUT2D eigenvalue weighted by Crippen LogP contribution is -2.38. The number of imidazole rings is 1. The lowest BCUT2D eigenvalue weighted by Gasteiger charge is -2.22. The van der Waals surface area contributed by atoms with Crippen molar-refractivity contribution >= 4 is 41.0 Å². The Morgan fingerprint density at radius 1 is 1.23 bits per heavy atom. The number of benzene rings is 2. The molecule has 0 aliphatic heterocycles. The molecule has 5 nitrogen and oxygen atoms in total. The summed E-state index contributed by atoms with van der Waals surface area (Å²) in [4.78, 5) is 10.9. The van der Waals surface area contributed by atoms with Gasteiger partial charge in [0.1, 0.15) is 11.6 Å². The highest BCUT2D eigenvalue weighted by atomic mass is 127. The summed E-state index contributed by atoms with van der Waals surface area (Å²) in [6, 6.07) is 14.6. The van der Waals surface area contributed by atoms with Crippen molar-refractivity contribution in [3.8, 4) is 0 Å². The minimum atomic E-state index is -0.228. The largest absolute Gasteiger partial charge is 0.349 e. The molecule has 1 aromatic heterocycles. The van der Waals surface area contributed by atoms with E-state index in [-0.39, 0.29) is 29.8 Å². The van der Waals surface area contributed by atoms with Gasteiger partial charge in [0, 0.05) is 27.7 Å². The smallest absolute Gasteiger partial charge is 0.194 e. The van der Waals surface area contributed by atoms with Crippen LogP contribution in [0.1, 0.15) is 11.4 Å². The van der Waals surface area contributed by atoms with Gasteiger partial charge in [0.2, 0.25) is 0 Å². The molecule has 1 N–H and O–H groups in total. The summed E-state index contributed by atoms with van der Waals surface area (Å²) in [6.45, 7) is 1.13. The van der Waals surface area contributed by atoms with E-state index >= 15 is 0 Å². The number of aryl methyl sites for hydroxylation is 1. The van der Waals surface area contributed by atoms with E-state index in [1.165, 1.54) is 12.1 Å².